The Hall–Kier alpha value is -1.46. The maximum atomic E-state index is 10.9. The second-order valence-electron chi connectivity index (χ2n) is 13.9. The molecule has 38 heavy (non-hydrogen) atoms. The van der Waals surface area contributed by atoms with Crippen molar-refractivity contribution in [1.82, 2.24) is 4.98 Å². The fraction of sp³-hybridized carbons (Fsp3) is 0.758. The lowest BCUT2D eigenvalue weighted by Gasteiger charge is -2.61. The summed E-state index contributed by atoms with van der Waals surface area (Å²) in [7, 11) is 0. The number of hydrogen-bond donors (Lipinski definition) is 1. The molecule has 0 unspecified atom stereocenters. The number of carboxylic acids is 1. The van der Waals surface area contributed by atoms with E-state index in [1.165, 1.54) is 61.1 Å². The van der Waals surface area contributed by atoms with Crippen LogP contribution < -0.4 is 0 Å². The monoisotopic (exact) mass is 537 g/mol. The van der Waals surface area contributed by atoms with E-state index in [0.717, 1.165) is 60.3 Å². The van der Waals surface area contributed by atoms with Gasteiger partial charge in [0.25, 0.3) is 0 Å². The summed E-state index contributed by atoms with van der Waals surface area (Å²) in [5, 5.41) is 10.3. The number of hydrogen-bond acceptors (Lipinski definition) is 4. The highest BCUT2D eigenvalue weighted by Gasteiger charge is 2.60. The number of para-hydroxylation sites is 1. The normalized spacial score (nSPS) is 39.3. The summed E-state index contributed by atoms with van der Waals surface area (Å²) in [6, 6.07) is 8.57. The predicted octanol–water partition coefficient (Wildman–Crippen LogP) is 8.38. The summed E-state index contributed by atoms with van der Waals surface area (Å²) in [6.45, 7) is 8.22. The van der Waals surface area contributed by atoms with Gasteiger partial charge in [0.15, 0.2) is 0 Å². The Morgan fingerprint density at radius 3 is 2.68 bits per heavy atom. The van der Waals surface area contributed by atoms with Gasteiger partial charge in [-0.1, -0.05) is 32.9 Å². The van der Waals surface area contributed by atoms with Gasteiger partial charge >= 0.3 is 5.97 Å². The lowest BCUT2D eigenvalue weighted by molar-refractivity contribution is -0.144. The molecule has 0 aliphatic heterocycles. The van der Waals surface area contributed by atoms with Crippen LogP contribution in [-0.4, -0.2) is 28.8 Å². The standard InChI is InChI=1S/C33H47NO3S/c1-21(8-13-30-34-28-6-4-5-7-29(28)38-30)25-11-12-26-24-10-9-22-20-23(37-19-16-31(35)36)14-17-32(22,2)27(24)15-18-33(25,26)3/h4-7,21-27H,8-20H2,1-3H3,(H,35,36)/t21-,22+,23+,24-,25+,26-,27-,32+,33+/m1/s1. The van der Waals surface area contributed by atoms with Crippen molar-refractivity contribution < 1.29 is 14.6 Å². The summed E-state index contributed by atoms with van der Waals surface area (Å²) in [5.74, 6) is 4.29. The highest BCUT2D eigenvalue weighted by atomic mass is 32.1. The molecule has 0 radical (unpaired) electrons. The molecule has 1 aromatic carbocycles. The number of rotatable bonds is 8. The molecule has 5 heteroatoms. The van der Waals surface area contributed by atoms with E-state index in [1.807, 2.05) is 11.3 Å². The molecule has 1 aromatic heterocycles. The van der Waals surface area contributed by atoms with Gasteiger partial charge in [-0.15, -0.1) is 11.3 Å². The number of aryl methyl sites for hydroxylation is 1. The molecule has 1 N–H and O–H groups in total. The zero-order chi connectivity index (χ0) is 26.5. The minimum absolute atomic E-state index is 0.129. The summed E-state index contributed by atoms with van der Waals surface area (Å²) in [6.07, 6.45) is 14.8. The number of ether oxygens (including phenoxy) is 1. The maximum absolute atomic E-state index is 10.9. The van der Waals surface area contributed by atoms with Gasteiger partial charge < -0.3 is 9.84 Å². The largest absolute Gasteiger partial charge is 0.481 e. The first-order valence-corrected chi connectivity index (χ1v) is 16.3. The second kappa shape index (κ2) is 10.5. The first-order chi connectivity index (χ1) is 18.3. The third kappa shape index (κ3) is 4.74. The van der Waals surface area contributed by atoms with E-state index in [2.05, 4.69) is 45.0 Å². The molecule has 4 aliphatic carbocycles. The Morgan fingerprint density at radius 2 is 1.87 bits per heavy atom. The smallest absolute Gasteiger partial charge is 0.305 e. The van der Waals surface area contributed by atoms with E-state index < -0.39 is 5.97 Å². The number of carboxylic acid groups (broad SMARTS) is 1. The van der Waals surface area contributed by atoms with Gasteiger partial charge in [0, 0.05) is 0 Å². The van der Waals surface area contributed by atoms with Crippen LogP contribution >= 0.6 is 11.3 Å². The number of nitrogens with zero attached hydrogens (tertiary/aromatic N) is 1. The first kappa shape index (κ1) is 26.7. The van der Waals surface area contributed by atoms with Gasteiger partial charge in [-0.2, -0.15) is 0 Å². The highest BCUT2D eigenvalue weighted by molar-refractivity contribution is 7.18. The zero-order valence-electron chi connectivity index (χ0n) is 23.7. The van der Waals surface area contributed by atoms with Gasteiger partial charge in [-0.3, -0.25) is 4.79 Å². The van der Waals surface area contributed by atoms with Crippen molar-refractivity contribution in [1.29, 1.82) is 0 Å². The fourth-order valence-electron chi connectivity index (χ4n) is 10.2. The van der Waals surface area contributed by atoms with Gasteiger partial charge in [0.05, 0.1) is 34.4 Å². The molecule has 4 nitrogen and oxygen atoms in total. The van der Waals surface area contributed by atoms with Crippen LogP contribution in [0.1, 0.15) is 96.4 Å². The molecule has 6 rings (SSSR count). The van der Waals surface area contributed by atoms with E-state index in [9.17, 15) is 4.79 Å². The molecule has 208 valence electrons. The van der Waals surface area contributed by atoms with E-state index in [1.54, 1.807) is 0 Å². The highest BCUT2D eigenvalue weighted by Crippen LogP contribution is 2.68. The van der Waals surface area contributed by atoms with Crippen molar-refractivity contribution in [3.8, 4) is 0 Å². The lowest BCUT2D eigenvalue weighted by atomic mass is 9.44. The van der Waals surface area contributed by atoms with Crippen molar-refractivity contribution in [3.63, 3.8) is 0 Å². The summed E-state index contributed by atoms with van der Waals surface area (Å²) in [5.41, 5.74) is 2.12. The average molecular weight is 538 g/mol. The average Bonchev–Trinajstić information content (AvgIpc) is 3.47. The van der Waals surface area contributed by atoms with Crippen LogP contribution in [0.2, 0.25) is 0 Å². The molecular formula is C33H47NO3S. The SMILES string of the molecule is C[C@H](CCc1nc2ccccc2s1)[C@@H]1CC[C@@H]2[C@H]3CC[C@H]4C[C@@H](OCCC(=O)O)CC[C@]4(C)[C@@H]3CC[C@]21C. The zero-order valence-corrected chi connectivity index (χ0v) is 24.5. The van der Waals surface area contributed by atoms with Gasteiger partial charge in [0.2, 0.25) is 0 Å². The molecule has 4 aliphatic rings. The van der Waals surface area contributed by atoms with Crippen molar-refractivity contribution in [2.45, 2.75) is 104 Å². The topological polar surface area (TPSA) is 59.4 Å². The number of aliphatic carboxylic acids is 1. The van der Waals surface area contributed by atoms with E-state index in [-0.39, 0.29) is 12.5 Å². The molecule has 0 bridgehead atoms. The molecular weight excluding hydrogens is 490 g/mol. The van der Waals surface area contributed by atoms with Crippen LogP contribution in [0, 0.1) is 46.3 Å². The number of carbonyl (C=O) groups is 1. The Balaban J connectivity index is 1.09. The molecule has 4 saturated carbocycles. The van der Waals surface area contributed by atoms with Gasteiger partial charge in [-0.05, 0) is 129 Å². The summed E-state index contributed by atoms with van der Waals surface area (Å²) >= 11 is 1.89. The third-order valence-corrected chi connectivity index (χ3v) is 13.3. The minimum Gasteiger partial charge on any atom is -0.481 e. The summed E-state index contributed by atoms with van der Waals surface area (Å²) in [4.78, 5) is 15.8. The van der Waals surface area contributed by atoms with Crippen molar-refractivity contribution in [2.75, 3.05) is 6.61 Å². The van der Waals surface area contributed by atoms with Crippen molar-refractivity contribution in [3.05, 3.63) is 29.3 Å². The van der Waals surface area contributed by atoms with Gasteiger partial charge in [0.1, 0.15) is 0 Å². The number of thiazole rings is 1. The minimum atomic E-state index is -0.752. The molecule has 0 spiro atoms. The molecule has 0 amide bonds. The van der Waals surface area contributed by atoms with Crippen molar-refractivity contribution >= 4 is 27.5 Å². The Kier molecular flexibility index (Phi) is 7.39. The molecule has 9 atom stereocenters. The fourth-order valence-corrected chi connectivity index (χ4v) is 11.2. The quantitative estimate of drug-likeness (QED) is 0.367. The van der Waals surface area contributed by atoms with Gasteiger partial charge in [-0.25, -0.2) is 4.98 Å². The Morgan fingerprint density at radius 1 is 1.08 bits per heavy atom. The van der Waals surface area contributed by atoms with Crippen LogP contribution in [0.15, 0.2) is 24.3 Å². The van der Waals surface area contributed by atoms with Crippen LogP contribution in [0.25, 0.3) is 10.2 Å². The summed E-state index contributed by atoms with van der Waals surface area (Å²) < 4.78 is 7.36. The molecule has 1 heterocycles. The van der Waals surface area contributed by atoms with Crippen molar-refractivity contribution in [2.24, 2.45) is 46.3 Å². The number of benzene rings is 1. The number of aromatic nitrogens is 1. The number of fused-ring (bicyclic) bond motifs is 6. The second-order valence-corrected chi connectivity index (χ2v) is 15.0. The molecule has 0 saturated heterocycles. The molecule has 2 aromatic rings. The lowest BCUT2D eigenvalue weighted by Crippen LogP contribution is -2.54. The Bertz CT molecular complexity index is 1110. The first-order valence-electron chi connectivity index (χ1n) is 15.5. The van der Waals surface area contributed by atoms with Crippen LogP contribution in [-0.2, 0) is 16.0 Å². The molecule has 4 fully saturated rings. The maximum Gasteiger partial charge on any atom is 0.305 e. The van der Waals surface area contributed by atoms with E-state index in [0.29, 0.717) is 17.4 Å². The van der Waals surface area contributed by atoms with Crippen LogP contribution in [0.3, 0.4) is 0 Å². The Labute approximate surface area is 233 Å². The third-order valence-electron chi connectivity index (χ3n) is 12.2. The van der Waals surface area contributed by atoms with E-state index in [4.69, 9.17) is 14.8 Å². The van der Waals surface area contributed by atoms with Crippen LogP contribution in [0.4, 0.5) is 0 Å². The van der Waals surface area contributed by atoms with E-state index >= 15 is 0 Å². The van der Waals surface area contributed by atoms with Crippen LogP contribution in [0.5, 0.6) is 0 Å². The predicted molar refractivity (Wildman–Crippen MR) is 154 cm³/mol.